The lowest BCUT2D eigenvalue weighted by molar-refractivity contribution is -0.139. The first kappa shape index (κ1) is 7.70. The Kier molecular flexibility index (Phi) is 4.15. The molecule has 3 heteroatoms. The van der Waals surface area contributed by atoms with E-state index in [0.717, 1.165) is 0 Å². The van der Waals surface area contributed by atoms with Gasteiger partial charge in [0.1, 0.15) is 6.61 Å². The number of allylic oxidation sites excluding steroid dienone is 1. The van der Waals surface area contributed by atoms with Crippen molar-refractivity contribution < 1.29 is 9.53 Å². The summed E-state index contributed by atoms with van der Waals surface area (Å²) in [7, 11) is 0. The molecule has 0 saturated carbocycles. The maximum atomic E-state index is 10.1. The second-order valence-electron chi connectivity index (χ2n) is 1.33. The van der Waals surface area contributed by atoms with Gasteiger partial charge in [-0.2, -0.15) is 5.26 Å². The van der Waals surface area contributed by atoms with Crippen LogP contribution in [0.1, 0.15) is 6.92 Å². The molecule has 0 rings (SSSR count). The zero-order valence-corrected chi connectivity index (χ0v) is 5.13. The van der Waals surface area contributed by atoms with Crippen molar-refractivity contribution in [3.8, 4) is 6.07 Å². The first-order valence-corrected chi connectivity index (χ1v) is 2.45. The minimum atomic E-state index is -0.336. The molecule has 3 nitrogen and oxygen atoms in total. The van der Waals surface area contributed by atoms with Crippen LogP contribution in [0.3, 0.4) is 0 Å². The highest BCUT2D eigenvalue weighted by Gasteiger charge is 1.84. The largest absolute Gasteiger partial charge is 0.462 e. The Labute approximate surface area is 53.5 Å². The van der Waals surface area contributed by atoms with Gasteiger partial charge in [-0.3, -0.25) is 4.79 Å². The maximum absolute atomic E-state index is 10.1. The van der Waals surface area contributed by atoms with Crippen LogP contribution in [-0.4, -0.2) is 12.6 Å². The first-order valence-electron chi connectivity index (χ1n) is 2.45. The van der Waals surface area contributed by atoms with Gasteiger partial charge in [0, 0.05) is 13.0 Å². The van der Waals surface area contributed by atoms with Crippen molar-refractivity contribution in [1.82, 2.24) is 0 Å². The second-order valence-corrected chi connectivity index (χ2v) is 1.33. The summed E-state index contributed by atoms with van der Waals surface area (Å²) < 4.78 is 4.47. The molecule has 0 bridgehead atoms. The fourth-order valence-electron chi connectivity index (χ4n) is 0.266. The van der Waals surface area contributed by atoms with Crippen molar-refractivity contribution in [1.29, 1.82) is 5.26 Å². The lowest BCUT2D eigenvalue weighted by Crippen LogP contribution is -1.96. The van der Waals surface area contributed by atoms with Gasteiger partial charge >= 0.3 is 5.97 Å². The van der Waals surface area contributed by atoms with Gasteiger partial charge in [0.2, 0.25) is 0 Å². The van der Waals surface area contributed by atoms with Crippen molar-refractivity contribution in [2.45, 2.75) is 6.92 Å². The summed E-state index contributed by atoms with van der Waals surface area (Å²) in [6, 6.07) is 1.77. The minimum absolute atomic E-state index is 0.183. The van der Waals surface area contributed by atoms with Crippen LogP contribution in [0.25, 0.3) is 0 Å². The average molecular weight is 125 g/mol. The standard InChI is InChI=1S/C6H7NO2/c1-6(8)9-5-3-2-4-7/h2-3H,5H2,1H3/b3-2-. The van der Waals surface area contributed by atoms with E-state index in [1.807, 2.05) is 0 Å². The zero-order chi connectivity index (χ0) is 7.11. The smallest absolute Gasteiger partial charge is 0.302 e. The molecule has 0 atom stereocenters. The highest BCUT2D eigenvalue weighted by molar-refractivity contribution is 5.65. The lowest BCUT2D eigenvalue weighted by Gasteiger charge is -1.91. The summed E-state index contributed by atoms with van der Waals surface area (Å²) in [6.07, 6.45) is 2.74. The maximum Gasteiger partial charge on any atom is 0.302 e. The lowest BCUT2D eigenvalue weighted by atomic mass is 10.5. The minimum Gasteiger partial charge on any atom is -0.462 e. The number of ether oxygens (including phenoxy) is 1. The van der Waals surface area contributed by atoms with Crippen LogP contribution < -0.4 is 0 Å². The van der Waals surface area contributed by atoms with E-state index in [2.05, 4.69) is 4.74 Å². The van der Waals surface area contributed by atoms with Crippen molar-refractivity contribution in [3.63, 3.8) is 0 Å². The van der Waals surface area contributed by atoms with E-state index in [0.29, 0.717) is 0 Å². The summed E-state index contributed by atoms with van der Waals surface area (Å²) in [6.45, 7) is 1.50. The number of nitriles is 1. The van der Waals surface area contributed by atoms with E-state index in [1.165, 1.54) is 19.1 Å². The van der Waals surface area contributed by atoms with Gasteiger partial charge in [-0.05, 0) is 6.08 Å². The number of carbonyl (C=O) groups excluding carboxylic acids is 1. The van der Waals surface area contributed by atoms with E-state index >= 15 is 0 Å². The van der Waals surface area contributed by atoms with Gasteiger partial charge in [-0.1, -0.05) is 0 Å². The molecule has 0 aliphatic rings. The van der Waals surface area contributed by atoms with Gasteiger partial charge in [0.05, 0.1) is 6.07 Å². The van der Waals surface area contributed by atoms with Crippen LogP contribution in [-0.2, 0) is 9.53 Å². The highest BCUT2D eigenvalue weighted by atomic mass is 16.5. The Bertz CT molecular complexity index is 155. The molecule has 0 heterocycles. The van der Waals surface area contributed by atoms with Crippen LogP contribution in [0.4, 0.5) is 0 Å². The summed E-state index contributed by atoms with van der Waals surface area (Å²) in [5, 5.41) is 7.95. The van der Waals surface area contributed by atoms with Crippen LogP contribution in [0.2, 0.25) is 0 Å². The molecule has 0 aliphatic heterocycles. The summed E-state index contributed by atoms with van der Waals surface area (Å²) in [5.41, 5.74) is 0. The Morgan fingerprint density at radius 1 is 1.89 bits per heavy atom. The molecule has 0 N–H and O–H groups in total. The van der Waals surface area contributed by atoms with Gasteiger partial charge in [-0.15, -0.1) is 0 Å². The molecule has 0 aliphatic carbocycles. The van der Waals surface area contributed by atoms with E-state index < -0.39 is 0 Å². The highest BCUT2D eigenvalue weighted by Crippen LogP contribution is 1.76. The molecule has 0 unspecified atom stereocenters. The molecule has 0 spiro atoms. The number of rotatable bonds is 2. The van der Waals surface area contributed by atoms with Gasteiger partial charge in [-0.25, -0.2) is 0 Å². The fraction of sp³-hybridized carbons (Fsp3) is 0.333. The predicted octanol–water partition coefficient (Wildman–Crippen LogP) is 0.629. The van der Waals surface area contributed by atoms with E-state index in [9.17, 15) is 4.79 Å². The summed E-state index contributed by atoms with van der Waals surface area (Å²) in [5.74, 6) is -0.336. The van der Waals surface area contributed by atoms with Crippen molar-refractivity contribution in [2.24, 2.45) is 0 Å². The van der Waals surface area contributed by atoms with Crippen LogP contribution in [0, 0.1) is 11.3 Å². The van der Waals surface area contributed by atoms with Crippen molar-refractivity contribution in [3.05, 3.63) is 12.2 Å². The average Bonchev–Trinajstić information content (AvgIpc) is 1.80. The monoisotopic (exact) mass is 125 g/mol. The number of carbonyl (C=O) groups is 1. The molecule has 0 fully saturated rings. The fourth-order valence-corrected chi connectivity index (χ4v) is 0.266. The molecule has 0 aromatic rings. The summed E-state index contributed by atoms with van der Waals surface area (Å²) in [4.78, 5) is 10.1. The van der Waals surface area contributed by atoms with Crippen molar-refractivity contribution >= 4 is 5.97 Å². The SMILES string of the molecule is CC(=O)OC/C=C\C#N. The zero-order valence-electron chi connectivity index (χ0n) is 5.13. The number of hydrogen-bond donors (Lipinski definition) is 0. The quantitative estimate of drug-likeness (QED) is 0.401. The van der Waals surface area contributed by atoms with Crippen LogP contribution in [0.5, 0.6) is 0 Å². The first-order chi connectivity index (χ1) is 4.27. The summed E-state index contributed by atoms with van der Waals surface area (Å²) >= 11 is 0. The molecule has 0 aromatic carbocycles. The topological polar surface area (TPSA) is 50.1 Å². The Morgan fingerprint density at radius 2 is 2.56 bits per heavy atom. The molecule has 48 valence electrons. The Balaban J connectivity index is 3.22. The third-order valence-electron chi connectivity index (χ3n) is 0.575. The Hall–Kier alpha value is -1.30. The third-order valence-corrected chi connectivity index (χ3v) is 0.575. The molecular formula is C6H7NO2. The van der Waals surface area contributed by atoms with E-state index in [4.69, 9.17) is 5.26 Å². The molecule has 0 radical (unpaired) electrons. The normalized spacial score (nSPS) is 8.89. The van der Waals surface area contributed by atoms with Crippen LogP contribution in [0.15, 0.2) is 12.2 Å². The molecular weight excluding hydrogens is 118 g/mol. The predicted molar refractivity (Wildman–Crippen MR) is 31.4 cm³/mol. The number of esters is 1. The van der Waals surface area contributed by atoms with Crippen LogP contribution >= 0.6 is 0 Å². The number of nitrogens with zero attached hydrogens (tertiary/aromatic N) is 1. The molecule has 0 saturated heterocycles. The molecule has 0 aromatic heterocycles. The van der Waals surface area contributed by atoms with Gasteiger partial charge < -0.3 is 4.74 Å². The Morgan fingerprint density at radius 3 is 3.00 bits per heavy atom. The molecule has 0 amide bonds. The van der Waals surface area contributed by atoms with Gasteiger partial charge in [0.25, 0.3) is 0 Å². The van der Waals surface area contributed by atoms with Crippen molar-refractivity contribution in [2.75, 3.05) is 6.61 Å². The number of hydrogen-bond acceptors (Lipinski definition) is 3. The van der Waals surface area contributed by atoms with E-state index in [-0.39, 0.29) is 12.6 Å². The van der Waals surface area contributed by atoms with E-state index in [1.54, 1.807) is 6.07 Å². The molecule has 9 heavy (non-hydrogen) atoms. The van der Waals surface area contributed by atoms with Gasteiger partial charge in [0.15, 0.2) is 0 Å². The third kappa shape index (κ3) is 6.70. The second kappa shape index (κ2) is 4.85.